The van der Waals surface area contributed by atoms with Crippen LogP contribution in [0, 0.1) is 0 Å². The van der Waals surface area contributed by atoms with Crippen molar-refractivity contribution in [3.8, 4) is 17.2 Å². The van der Waals surface area contributed by atoms with Gasteiger partial charge in [0.2, 0.25) is 5.91 Å². The molecule has 2 aromatic carbocycles. The highest BCUT2D eigenvalue weighted by Gasteiger charge is 2.12. The first-order valence-corrected chi connectivity index (χ1v) is 8.13. The molecule has 6 nitrogen and oxygen atoms in total. The van der Waals surface area contributed by atoms with Gasteiger partial charge in [0.15, 0.2) is 0 Å². The number of carbonyl (C=O) groups excluding carboxylic acids is 1. The van der Waals surface area contributed by atoms with E-state index in [4.69, 9.17) is 25.8 Å². The summed E-state index contributed by atoms with van der Waals surface area (Å²) in [5.74, 6) is 1.42. The van der Waals surface area contributed by atoms with Crippen LogP contribution in [0.4, 0.5) is 11.4 Å². The van der Waals surface area contributed by atoms with Crippen LogP contribution in [0.2, 0.25) is 5.02 Å². The Morgan fingerprint density at radius 2 is 1.76 bits per heavy atom. The molecule has 0 aliphatic heterocycles. The van der Waals surface area contributed by atoms with Gasteiger partial charge in [0.25, 0.3) is 0 Å². The summed E-state index contributed by atoms with van der Waals surface area (Å²) in [6, 6.07) is 10.6. The fraction of sp³-hybridized carbons (Fsp3) is 0.278. The molecule has 7 heteroatoms. The molecule has 0 saturated heterocycles. The number of para-hydroxylation sites is 2. The lowest BCUT2D eigenvalue weighted by atomic mass is 10.2. The maximum absolute atomic E-state index is 12.2. The first-order valence-electron chi connectivity index (χ1n) is 7.76. The van der Waals surface area contributed by atoms with Gasteiger partial charge in [-0.1, -0.05) is 23.7 Å². The zero-order chi connectivity index (χ0) is 18.2. The number of hydrogen-bond donors (Lipinski definition) is 2. The number of halogens is 1. The second-order valence-electron chi connectivity index (χ2n) is 5.02. The molecular weight excluding hydrogens is 344 g/mol. The van der Waals surface area contributed by atoms with Crippen LogP contribution >= 0.6 is 11.6 Å². The van der Waals surface area contributed by atoms with Crippen LogP contribution in [-0.4, -0.2) is 33.3 Å². The number of ether oxygens (including phenoxy) is 3. The second-order valence-corrected chi connectivity index (χ2v) is 5.43. The van der Waals surface area contributed by atoms with E-state index in [1.807, 2.05) is 19.1 Å². The minimum absolute atomic E-state index is 0.0433. The molecule has 0 bridgehead atoms. The summed E-state index contributed by atoms with van der Waals surface area (Å²) in [5.41, 5.74) is 1.23. The van der Waals surface area contributed by atoms with E-state index in [0.29, 0.717) is 40.3 Å². The van der Waals surface area contributed by atoms with E-state index < -0.39 is 0 Å². The topological polar surface area (TPSA) is 68.8 Å². The third-order valence-corrected chi connectivity index (χ3v) is 3.67. The SMILES string of the molecule is CCOc1ccccc1NC(=O)CNc1cc(OC)c(Cl)cc1OC. The van der Waals surface area contributed by atoms with Crippen molar-refractivity contribution in [1.29, 1.82) is 0 Å². The average molecular weight is 365 g/mol. The molecule has 134 valence electrons. The van der Waals surface area contributed by atoms with Crippen molar-refractivity contribution >= 4 is 28.9 Å². The molecule has 0 unspecified atom stereocenters. The molecule has 0 aliphatic rings. The van der Waals surface area contributed by atoms with Crippen molar-refractivity contribution in [2.24, 2.45) is 0 Å². The first-order chi connectivity index (χ1) is 12.1. The van der Waals surface area contributed by atoms with Crippen molar-refractivity contribution in [3.63, 3.8) is 0 Å². The molecule has 0 fully saturated rings. The fourth-order valence-corrected chi connectivity index (χ4v) is 2.45. The molecule has 25 heavy (non-hydrogen) atoms. The van der Waals surface area contributed by atoms with E-state index in [2.05, 4.69) is 10.6 Å². The van der Waals surface area contributed by atoms with Crippen molar-refractivity contribution in [2.45, 2.75) is 6.92 Å². The van der Waals surface area contributed by atoms with E-state index in [0.717, 1.165) is 0 Å². The summed E-state index contributed by atoms with van der Waals surface area (Å²) in [6.07, 6.45) is 0. The standard InChI is InChI=1S/C18H21ClN2O4/c1-4-25-15-8-6-5-7-13(15)21-18(22)11-20-14-10-16(23-2)12(19)9-17(14)24-3/h5-10,20H,4,11H2,1-3H3,(H,21,22). The molecule has 2 rings (SSSR count). The van der Waals surface area contributed by atoms with E-state index in [-0.39, 0.29) is 12.5 Å². The van der Waals surface area contributed by atoms with Gasteiger partial charge in [-0.15, -0.1) is 0 Å². The van der Waals surface area contributed by atoms with E-state index in [1.165, 1.54) is 14.2 Å². The van der Waals surface area contributed by atoms with Crippen molar-refractivity contribution in [1.82, 2.24) is 0 Å². The highest BCUT2D eigenvalue weighted by molar-refractivity contribution is 6.32. The number of amides is 1. The van der Waals surface area contributed by atoms with Crippen LogP contribution in [0.15, 0.2) is 36.4 Å². The quantitative estimate of drug-likeness (QED) is 0.745. The molecule has 0 atom stereocenters. The van der Waals surface area contributed by atoms with Crippen LogP contribution in [0.1, 0.15) is 6.92 Å². The minimum Gasteiger partial charge on any atom is -0.495 e. The monoisotopic (exact) mass is 364 g/mol. The van der Waals surface area contributed by atoms with Crippen LogP contribution < -0.4 is 24.8 Å². The van der Waals surface area contributed by atoms with Gasteiger partial charge in [-0.05, 0) is 19.1 Å². The molecule has 2 N–H and O–H groups in total. The molecular formula is C18H21ClN2O4. The second kappa shape index (κ2) is 9.03. The lowest BCUT2D eigenvalue weighted by Crippen LogP contribution is -2.22. The number of carbonyl (C=O) groups is 1. The van der Waals surface area contributed by atoms with E-state index >= 15 is 0 Å². The van der Waals surface area contributed by atoms with Gasteiger partial charge in [-0.25, -0.2) is 0 Å². The maximum Gasteiger partial charge on any atom is 0.243 e. The Morgan fingerprint density at radius 1 is 1.04 bits per heavy atom. The van der Waals surface area contributed by atoms with Crippen molar-refractivity contribution in [2.75, 3.05) is 38.0 Å². The predicted molar refractivity (Wildman–Crippen MR) is 99.3 cm³/mol. The molecule has 0 spiro atoms. The number of rotatable bonds is 8. The smallest absolute Gasteiger partial charge is 0.243 e. The summed E-state index contributed by atoms with van der Waals surface area (Å²) in [4.78, 5) is 12.2. The molecule has 0 aromatic heterocycles. The lowest BCUT2D eigenvalue weighted by Gasteiger charge is -2.15. The van der Waals surface area contributed by atoms with Crippen molar-refractivity contribution < 1.29 is 19.0 Å². The predicted octanol–water partition coefficient (Wildman–Crippen LogP) is 3.81. The number of nitrogens with one attached hydrogen (secondary N) is 2. The highest BCUT2D eigenvalue weighted by Crippen LogP contribution is 2.35. The lowest BCUT2D eigenvalue weighted by molar-refractivity contribution is -0.114. The van der Waals surface area contributed by atoms with Gasteiger partial charge in [0.05, 0.1) is 43.8 Å². The third-order valence-electron chi connectivity index (χ3n) is 3.37. The van der Waals surface area contributed by atoms with Gasteiger partial charge < -0.3 is 24.8 Å². The summed E-state index contributed by atoms with van der Waals surface area (Å²) in [6.45, 7) is 2.45. The number of methoxy groups -OCH3 is 2. The Kier molecular flexibility index (Phi) is 6.77. The molecule has 2 aromatic rings. The van der Waals surface area contributed by atoms with Gasteiger partial charge in [0.1, 0.15) is 17.2 Å². The van der Waals surface area contributed by atoms with E-state index in [9.17, 15) is 4.79 Å². The van der Waals surface area contributed by atoms with Crippen LogP contribution in [0.5, 0.6) is 17.2 Å². The Hall–Kier alpha value is -2.60. The van der Waals surface area contributed by atoms with Gasteiger partial charge in [0, 0.05) is 12.1 Å². The van der Waals surface area contributed by atoms with Gasteiger partial charge in [-0.2, -0.15) is 0 Å². The Bertz CT molecular complexity index is 737. The summed E-state index contributed by atoms with van der Waals surface area (Å²) >= 11 is 6.07. The Morgan fingerprint density at radius 3 is 2.44 bits per heavy atom. The van der Waals surface area contributed by atoms with Crippen LogP contribution in [-0.2, 0) is 4.79 Å². The summed E-state index contributed by atoms with van der Waals surface area (Å²) in [5, 5.41) is 6.27. The Balaban J connectivity index is 2.05. The summed E-state index contributed by atoms with van der Waals surface area (Å²) < 4.78 is 16.0. The first kappa shape index (κ1) is 18.7. The number of benzene rings is 2. The van der Waals surface area contributed by atoms with Crippen LogP contribution in [0.3, 0.4) is 0 Å². The molecule has 0 aliphatic carbocycles. The zero-order valence-corrected chi connectivity index (χ0v) is 15.1. The molecule has 0 radical (unpaired) electrons. The highest BCUT2D eigenvalue weighted by atomic mass is 35.5. The molecule has 0 saturated carbocycles. The zero-order valence-electron chi connectivity index (χ0n) is 14.4. The maximum atomic E-state index is 12.2. The van der Waals surface area contributed by atoms with Gasteiger partial charge >= 0.3 is 0 Å². The number of hydrogen-bond acceptors (Lipinski definition) is 5. The van der Waals surface area contributed by atoms with Gasteiger partial charge in [-0.3, -0.25) is 4.79 Å². The minimum atomic E-state index is -0.219. The average Bonchev–Trinajstić information content (AvgIpc) is 2.62. The third kappa shape index (κ3) is 4.93. The van der Waals surface area contributed by atoms with E-state index in [1.54, 1.807) is 24.3 Å². The van der Waals surface area contributed by atoms with Crippen molar-refractivity contribution in [3.05, 3.63) is 41.4 Å². The largest absolute Gasteiger partial charge is 0.495 e. The number of anilines is 2. The normalized spacial score (nSPS) is 10.1. The summed E-state index contributed by atoms with van der Waals surface area (Å²) in [7, 11) is 3.05. The van der Waals surface area contributed by atoms with Crippen LogP contribution in [0.25, 0.3) is 0 Å². The molecule has 1 amide bonds. The Labute approximate surface area is 152 Å². The molecule has 0 heterocycles. The fourth-order valence-electron chi connectivity index (χ4n) is 2.22.